The summed E-state index contributed by atoms with van der Waals surface area (Å²) in [5, 5.41) is 21.4. The number of carbonyl (C=O) groups excluding carboxylic acids is 1. The number of aromatic hydroxyl groups is 2. The molecule has 4 rings (SSSR count). The summed E-state index contributed by atoms with van der Waals surface area (Å²) < 4.78 is 27.4. The predicted octanol–water partition coefficient (Wildman–Crippen LogP) is 4.53. The monoisotopic (exact) mass is 464 g/mol. The quantitative estimate of drug-likeness (QED) is 0.513. The Bertz CT molecular complexity index is 1280. The van der Waals surface area contributed by atoms with Gasteiger partial charge in [0.2, 0.25) is 0 Å². The number of rotatable bonds is 6. The third kappa shape index (κ3) is 3.83. The lowest BCUT2D eigenvalue weighted by molar-refractivity contribution is 0.0961. The second-order valence-corrected chi connectivity index (χ2v) is 7.43. The van der Waals surface area contributed by atoms with Crippen LogP contribution < -0.4 is 23.7 Å². The van der Waals surface area contributed by atoms with Crippen molar-refractivity contribution in [2.75, 3.05) is 28.4 Å². The summed E-state index contributed by atoms with van der Waals surface area (Å²) in [7, 11) is 5.83. The van der Waals surface area contributed by atoms with Crippen molar-refractivity contribution in [2.24, 2.45) is 0 Å². The minimum Gasteiger partial charge on any atom is -0.504 e. The van der Waals surface area contributed by atoms with Crippen molar-refractivity contribution in [3.8, 4) is 40.2 Å². The van der Waals surface area contributed by atoms with Gasteiger partial charge in [0.05, 0.1) is 34.0 Å². The van der Waals surface area contributed by atoms with E-state index in [2.05, 4.69) is 0 Å². The van der Waals surface area contributed by atoms with E-state index in [1.807, 2.05) is 0 Å². The SMILES string of the molecule is COc1cc2c(cc1OC)C(=O)/C(=C\c1cccc(OC)c1O)C(c1cccc(OC)c1O)O2. The van der Waals surface area contributed by atoms with Gasteiger partial charge in [-0.2, -0.15) is 0 Å². The average molecular weight is 464 g/mol. The van der Waals surface area contributed by atoms with Gasteiger partial charge in [0.15, 0.2) is 46.4 Å². The van der Waals surface area contributed by atoms with Crippen molar-refractivity contribution in [1.29, 1.82) is 0 Å². The molecule has 1 heterocycles. The molecule has 0 saturated carbocycles. The molecule has 1 aliphatic heterocycles. The Morgan fingerprint density at radius 2 is 1.38 bits per heavy atom. The van der Waals surface area contributed by atoms with Gasteiger partial charge < -0.3 is 33.9 Å². The van der Waals surface area contributed by atoms with Crippen molar-refractivity contribution >= 4 is 11.9 Å². The lowest BCUT2D eigenvalue weighted by Crippen LogP contribution is -2.24. The summed E-state index contributed by atoms with van der Waals surface area (Å²) >= 11 is 0. The van der Waals surface area contributed by atoms with Crippen molar-refractivity contribution in [3.05, 3.63) is 70.8 Å². The van der Waals surface area contributed by atoms with E-state index in [0.29, 0.717) is 22.6 Å². The van der Waals surface area contributed by atoms with Crippen LogP contribution in [0.15, 0.2) is 54.1 Å². The number of para-hydroxylation sites is 2. The number of benzene rings is 3. The summed E-state index contributed by atoms with van der Waals surface area (Å²) in [4.78, 5) is 13.7. The fourth-order valence-electron chi connectivity index (χ4n) is 3.88. The molecule has 3 aromatic rings. The van der Waals surface area contributed by atoms with Crippen molar-refractivity contribution in [3.63, 3.8) is 0 Å². The molecule has 1 atom stereocenters. The zero-order valence-corrected chi connectivity index (χ0v) is 19.1. The number of methoxy groups -OCH3 is 4. The molecule has 0 saturated heterocycles. The number of hydrogen-bond acceptors (Lipinski definition) is 8. The first kappa shape index (κ1) is 22.8. The largest absolute Gasteiger partial charge is 0.504 e. The van der Waals surface area contributed by atoms with Crippen LogP contribution in [0, 0.1) is 0 Å². The first-order valence-electron chi connectivity index (χ1n) is 10.3. The van der Waals surface area contributed by atoms with Gasteiger partial charge in [0.1, 0.15) is 5.75 Å². The highest BCUT2D eigenvalue weighted by atomic mass is 16.5. The molecule has 1 aliphatic rings. The van der Waals surface area contributed by atoms with Gasteiger partial charge in [0, 0.05) is 22.8 Å². The Morgan fingerprint density at radius 1 is 0.794 bits per heavy atom. The van der Waals surface area contributed by atoms with Crippen LogP contribution in [0.1, 0.15) is 27.6 Å². The van der Waals surface area contributed by atoms with E-state index in [4.69, 9.17) is 23.7 Å². The number of hydrogen-bond donors (Lipinski definition) is 2. The Balaban J connectivity index is 1.96. The fraction of sp³-hybridized carbons (Fsp3) is 0.192. The lowest BCUT2D eigenvalue weighted by atomic mass is 9.88. The highest BCUT2D eigenvalue weighted by molar-refractivity contribution is 6.15. The molecular weight excluding hydrogens is 440 g/mol. The Hall–Kier alpha value is -4.33. The molecule has 8 nitrogen and oxygen atoms in total. The van der Waals surface area contributed by atoms with E-state index >= 15 is 0 Å². The van der Waals surface area contributed by atoms with Crippen molar-refractivity contribution < 1.29 is 38.7 Å². The Kier molecular flexibility index (Phi) is 6.23. The molecule has 8 heteroatoms. The third-order valence-corrected chi connectivity index (χ3v) is 5.61. The van der Waals surface area contributed by atoms with Crippen molar-refractivity contribution in [1.82, 2.24) is 0 Å². The van der Waals surface area contributed by atoms with E-state index < -0.39 is 6.10 Å². The maximum Gasteiger partial charge on any atom is 0.196 e. The van der Waals surface area contributed by atoms with Crippen LogP contribution in [0.5, 0.6) is 40.2 Å². The molecule has 0 amide bonds. The summed E-state index contributed by atoms with van der Waals surface area (Å²) in [6.07, 6.45) is 0.516. The molecular formula is C26H24O8. The second kappa shape index (κ2) is 9.27. The van der Waals surface area contributed by atoms with E-state index in [9.17, 15) is 15.0 Å². The first-order chi connectivity index (χ1) is 16.4. The zero-order chi connectivity index (χ0) is 24.4. The number of phenolic OH excluding ortho intramolecular Hbond substituents is 2. The molecule has 0 fully saturated rings. The normalized spacial score (nSPS) is 15.9. The molecule has 34 heavy (non-hydrogen) atoms. The number of ketones is 1. The van der Waals surface area contributed by atoms with Crippen LogP contribution in [-0.4, -0.2) is 44.4 Å². The lowest BCUT2D eigenvalue weighted by Gasteiger charge is -2.29. The number of fused-ring (bicyclic) bond motifs is 1. The van der Waals surface area contributed by atoms with Gasteiger partial charge in [-0.3, -0.25) is 4.79 Å². The smallest absolute Gasteiger partial charge is 0.196 e. The number of ether oxygens (including phenoxy) is 5. The van der Waals surface area contributed by atoms with Crippen LogP contribution in [-0.2, 0) is 0 Å². The molecule has 0 aromatic heterocycles. The van der Waals surface area contributed by atoms with E-state index in [1.165, 1.54) is 40.6 Å². The zero-order valence-electron chi connectivity index (χ0n) is 19.1. The van der Waals surface area contributed by atoms with E-state index in [1.54, 1.807) is 42.5 Å². The minimum atomic E-state index is -1.00. The molecule has 0 aliphatic carbocycles. The number of Topliss-reactive ketones (excluding diaryl/α,β-unsaturated/α-hetero) is 1. The Morgan fingerprint density at radius 3 is 2.03 bits per heavy atom. The third-order valence-electron chi connectivity index (χ3n) is 5.61. The van der Waals surface area contributed by atoms with Gasteiger partial charge in [-0.25, -0.2) is 0 Å². The van der Waals surface area contributed by atoms with Gasteiger partial charge in [-0.1, -0.05) is 24.3 Å². The predicted molar refractivity (Wildman–Crippen MR) is 125 cm³/mol. The standard InChI is InChI=1S/C26H24O8/c1-30-18-9-5-7-14(23(18)27)11-17-24(28)16-12-21(32-3)22(33-4)13-20(16)34-26(17)15-8-6-10-19(31-2)25(15)29/h5-13,26-27,29H,1-4H3/b17-11+. The van der Waals surface area contributed by atoms with Crippen LogP contribution in [0.3, 0.4) is 0 Å². The first-order valence-corrected chi connectivity index (χ1v) is 10.3. The van der Waals surface area contributed by atoms with Crippen LogP contribution in [0.2, 0.25) is 0 Å². The van der Waals surface area contributed by atoms with Gasteiger partial charge in [0.25, 0.3) is 0 Å². The molecule has 3 aromatic carbocycles. The summed E-state index contributed by atoms with van der Waals surface area (Å²) in [5.74, 6) is 0.856. The topological polar surface area (TPSA) is 104 Å². The van der Waals surface area contributed by atoms with Gasteiger partial charge in [-0.15, -0.1) is 0 Å². The van der Waals surface area contributed by atoms with E-state index in [0.717, 1.165) is 0 Å². The Labute approximate surface area is 196 Å². The average Bonchev–Trinajstić information content (AvgIpc) is 2.86. The van der Waals surface area contributed by atoms with E-state index in [-0.39, 0.29) is 45.7 Å². The summed E-state index contributed by atoms with van der Waals surface area (Å²) in [5.41, 5.74) is 1.11. The molecule has 0 spiro atoms. The van der Waals surface area contributed by atoms with Crippen LogP contribution in [0.4, 0.5) is 0 Å². The summed E-state index contributed by atoms with van der Waals surface area (Å²) in [6, 6.07) is 13.0. The number of phenols is 2. The van der Waals surface area contributed by atoms with Crippen LogP contribution in [0.25, 0.3) is 6.08 Å². The van der Waals surface area contributed by atoms with Crippen LogP contribution >= 0.6 is 0 Å². The van der Waals surface area contributed by atoms with Crippen molar-refractivity contribution in [2.45, 2.75) is 6.10 Å². The maximum absolute atomic E-state index is 13.7. The van der Waals surface area contributed by atoms with Gasteiger partial charge in [-0.05, 0) is 24.3 Å². The number of carbonyl (C=O) groups is 1. The highest BCUT2D eigenvalue weighted by Crippen LogP contribution is 2.47. The maximum atomic E-state index is 13.7. The molecule has 1 unspecified atom stereocenters. The van der Waals surface area contributed by atoms with Gasteiger partial charge >= 0.3 is 0 Å². The highest BCUT2D eigenvalue weighted by Gasteiger charge is 2.36. The molecule has 176 valence electrons. The molecule has 0 bridgehead atoms. The molecule has 0 radical (unpaired) electrons. The summed E-state index contributed by atoms with van der Waals surface area (Å²) in [6.45, 7) is 0. The fourth-order valence-corrected chi connectivity index (χ4v) is 3.88. The second-order valence-electron chi connectivity index (χ2n) is 7.43. The minimum absolute atomic E-state index is 0.128. The molecule has 2 N–H and O–H groups in total.